The van der Waals surface area contributed by atoms with Crippen LogP contribution in [0.25, 0.3) is 0 Å². The molecule has 2 aliphatic heterocycles. The molecule has 2 saturated heterocycles. The lowest BCUT2D eigenvalue weighted by Gasteiger charge is -2.43. The molecule has 5 nitrogen and oxygen atoms in total. The van der Waals surface area contributed by atoms with Crippen LogP contribution in [0.2, 0.25) is 10.0 Å². The van der Waals surface area contributed by atoms with E-state index >= 15 is 0 Å². The fourth-order valence-corrected chi connectivity index (χ4v) is 4.86. The monoisotopic (exact) mass is 468 g/mol. The summed E-state index contributed by atoms with van der Waals surface area (Å²) in [6, 6.07) is 20.8. The van der Waals surface area contributed by atoms with Crippen LogP contribution in [0.3, 0.4) is 0 Å². The zero-order chi connectivity index (χ0) is 22.5. The number of amides is 2. The first-order valence-electron chi connectivity index (χ1n) is 10.4. The Balaban J connectivity index is 1.74. The minimum atomic E-state index is -1.62. The summed E-state index contributed by atoms with van der Waals surface area (Å²) < 4.78 is 5.49. The van der Waals surface area contributed by atoms with Crippen molar-refractivity contribution in [1.29, 1.82) is 0 Å². The molecule has 1 unspecified atom stereocenters. The Morgan fingerprint density at radius 2 is 1.53 bits per heavy atom. The fraction of sp³-hybridized carbons (Fsp3) is 0.240. The molecule has 2 amide bonds. The van der Waals surface area contributed by atoms with Gasteiger partial charge in [-0.15, -0.1) is 0 Å². The van der Waals surface area contributed by atoms with Gasteiger partial charge in [-0.2, -0.15) is 0 Å². The molecule has 0 spiro atoms. The zero-order valence-electron chi connectivity index (χ0n) is 17.4. The van der Waals surface area contributed by atoms with Crippen molar-refractivity contribution >= 4 is 40.6 Å². The normalized spacial score (nSPS) is 23.5. The summed E-state index contributed by atoms with van der Waals surface area (Å²) in [4.78, 5) is 17.1. The molecule has 3 aromatic rings. The van der Waals surface area contributed by atoms with Gasteiger partial charge in [0.25, 0.3) is 0 Å². The van der Waals surface area contributed by atoms with Gasteiger partial charge in [0, 0.05) is 32.9 Å². The summed E-state index contributed by atoms with van der Waals surface area (Å²) in [7, 11) is 0. The van der Waals surface area contributed by atoms with E-state index in [2.05, 4.69) is 0 Å². The minimum Gasteiger partial charge on any atom is -0.381 e. The minimum absolute atomic E-state index is 0.0440. The molecule has 3 aromatic carbocycles. The van der Waals surface area contributed by atoms with Gasteiger partial charge in [-0.1, -0.05) is 53.0 Å². The Labute approximate surface area is 196 Å². The van der Waals surface area contributed by atoms with Crippen LogP contribution in [0.4, 0.5) is 16.2 Å². The molecule has 0 aliphatic carbocycles. The third kappa shape index (κ3) is 3.37. The Hall–Kier alpha value is -2.57. The molecule has 1 N–H and O–H groups in total. The lowest BCUT2D eigenvalue weighted by atomic mass is 9.83. The van der Waals surface area contributed by atoms with Gasteiger partial charge in [0.2, 0.25) is 0 Å². The lowest BCUT2D eigenvalue weighted by molar-refractivity contribution is -0.0885. The highest BCUT2D eigenvalue weighted by Crippen LogP contribution is 2.48. The van der Waals surface area contributed by atoms with Crippen LogP contribution in [0.5, 0.6) is 0 Å². The van der Waals surface area contributed by atoms with Crippen LogP contribution in [-0.4, -0.2) is 30.4 Å². The fourth-order valence-electron chi connectivity index (χ4n) is 4.60. The Bertz CT molecular complexity index is 1150. The maximum absolute atomic E-state index is 14.0. The van der Waals surface area contributed by atoms with Gasteiger partial charge in [0.05, 0.1) is 19.3 Å². The van der Waals surface area contributed by atoms with Crippen molar-refractivity contribution in [2.45, 2.75) is 18.7 Å². The predicted octanol–water partition coefficient (Wildman–Crippen LogP) is 5.61. The molecule has 0 saturated carbocycles. The van der Waals surface area contributed by atoms with Crippen molar-refractivity contribution in [3.8, 4) is 0 Å². The van der Waals surface area contributed by atoms with E-state index in [1.54, 1.807) is 53.4 Å². The molecule has 2 atom stereocenters. The number of nitrogens with zero attached hydrogens (tertiary/aromatic N) is 2. The second-order valence-corrected chi connectivity index (χ2v) is 9.15. The number of hydrogen-bond acceptors (Lipinski definition) is 3. The van der Waals surface area contributed by atoms with Gasteiger partial charge in [0.15, 0.2) is 5.72 Å². The first kappa shape index (κ1) is 21.3. The highest BCUT2D eigenvalue weighted by Gasteiger charge is 2.62. The summed E-state index contributed by atoms with van der Waals surface area (Å²) in [5.41, 5.74) is 1.25. The average Bonchev–Trinajstić information content (AvgIpc) is 2.96. The molecule has 5 rings (SSSR count). The number of benzene rings is 3. The first-order chi connectivity index (χ1) is 15.4. The number of hydrogen-bond donors (Lipinski definition) is 1. The van der Waals surface area contributed by atoms with Gasteiger partial charge in [0.1, 0.15) is 0 Å². The number of aliphatic hydroxyl groups is 1. The van der Waals surface area contributed by atoms with Crippen molar-refractivity contribution in [3.05, 3.63) is 94.0 Å². The summed E-state index contributed by atoms with van der Waals surface area (Å²) in [5, 5.41) is 13.6. The van der Waals surface area contributed by atoms with Crippen LogP contribution in [0.1, 0.15) is 11.1 Å². The topological polar surface area (TPSA) is 53.0 Å². The van der Waals surface area contributed by atoms with Crippen molar-refractivity contribution in [2.75, 3.05) is 23.0 Å². The van der Waals surface area contributed by atoms with E-state index in [4.69, 9.17) is 27.9 Å². The highest BCUT2D eigenvalue weighted by molar-refractivity contribution is 6.31. The van der Waals surface area contributed by atoms with Crippen LogP contribution in [0.15, 0.2) is 72.8 Å². The van der Waals surface area contributed by atoms with Crippen molar-refractivity contribution in [2.24, 2.45) is 5.92 Å². The van der Waals surface area contributed by atoms with Gasteiger partial charge >= 0.3 is 6.03 Å². The largest absolute Gasteiger partial charge is 0.381 e. The maximum atomic E-state index is 14.0. The second kappa shape index (κ2) is 8.09. The molecule has 0 bridgehead atoms. The lowest BCUT2D eigenvalue weighted by Crippen LogP contribution is -2.57. The first-order valence-corrected chi connectivity index (χ1v) is 11.2. The third-order valence-corrected chi connectivity index (χ3v) is 6.68. The molecule has 0 radical (unpaired) electrons. The van der Waals surface area contributed by atoms with E-state index in [1.807, 2.05) is 31.2 Å². The summed E-state index contributed by atoms with van der Waals surface area (Å²) in [6.45, 7) is 2.89. The number of halogens is 2. The molecule has 2 fully saturated rings. The maximum Gasteiger partial charge on any atom is 0.332 e. The molecule has 164 valence electrons. The third-order valence-electron chi connectivity index (χ3n) is 6.17. The molecule has 2 aliphatic rings. The number of ether oxygens (including phenoxy) is 1. The SMILES string of the molecule is Cc1cccc(C2(O)[C@@H](C3COC3)N(c3ccc(Cl)cc3)C(=O)N2c2ccc(Cl)cc2)c1. The van der Waals surface area contributed by atoms with E-state index in [1.165, 1.54) is 4.90 Å². The average molecular weight is 469 g/mol. The van der Waals surface area contributed by atoms with E-state index in [0.29, 0.717) is 40.2 Å². The van der Waals surface area contributed by atoms with Gasteiger partial charge in [-0.25, -0.2) is 4.79 Å². The van der Waals surface area contributed by atoms with Gasteiger partial charge < -0.3 is 9.84 Å². The molecular formula is C25H22Cl2N2O3. The van der Waals surface area contributed by atoms with E-state index < -0.39 is 11.8 Å². The highest BCUT2D eigenvalue weighted by atomic mass is 35.5. The van der Waals surface area contributed by atoms with Gasteiger partial charge in [-0.05, 0) is 55.5 Å². The van der Waals surface area contributed by atoms with E-state index in [9.17, 15) is 9.90 Å². The number of anilines is 2. The Morgan fingerprint density at radius 3 is 2.06 bits per heavy atom. The smallest absolute Gasteiger partial charge is 0.332 e. The number of carbonyl (C=O) groups excluding carboxylic acids is 1. The van der Waals surface area contributed by atoms with E-state index in [-0.39, 0.29) is 11.9 Å². The standard InChI is InChI=1S/C25H22Cl2N2O3/c1-16-3-2-4-18(13-16)25(31)23(17-14-32-15-17)28(21-9-5-19(26)6-10-21)24(30)29(25)22-11-7-20(27)8-12-22/h2-13,17,23,31H,14-15H2,1H3/t23-,25?/m1/s1. The van der Waals surface area contributed by atoms with Gasteiger partial charge in [-0.3, -0.25) is 9.80 Å². The van der Waals surface area contributed by atoms with Crippen molar-refractivity contribution in [3.63, 3.8) is 0 Å². The quantitative estimate of drug-likeness (QED) is 0.541. The molecule has 0 aromatic heterocycles. The van der Waals surface area contributed by atoms with Crippen LogP contribution >= 0.6 is 23.2 Å². The molecule has 7 heteroatoms. The molecule has 2 heterocycles. The van der Waals surface area contributed by atoms with Crippen LogP contribution in [0, 0.1) is 12.8 Å². The zero-order valence-corrected chi connectivity index (χ0v) is 18.9. The van der Waals surface area contributed by atoms with Crippen LogP contribution in [-0.2, 0) is 10.5 Å². The summed E-state index contributed by atoms with van der Waals surface area (Å²) in [5.74, 6) is -0.0440. The molecular weight excluding hydrogens is 447 g/mol. The predicted molar refractivity (Wildman–Crippen MR) is 126 cm³/mol. The number of rotatable bonds is 4. The second-order valence-electron chi connectivity index (χ2n) is 8.28. The Kier molecular flexibility index (Phi) is 5.38. The Morgan fingerprint density at radius 1 is 0.938 bits per heavy atom. The van der Waals surface area contributed by atoms with Crippen molar-refractivity contribution in [1.82, 2.24) is 0 Å². The summed E-state index contributed by atoms with van der Waals surface area (Å²) in [6.07, 6.45) is 0. The number of aryl methyl sites for hydroxylation is 1. The summed E-state index contributed by atoms with van der Waals surface area (Å²) >= 11 is 12.2. The molecule has 32 heavy (non-hydrogen) atoms. The van der Waals surface area contributed by atoms with Crippen molar-refractivity contribution < 1.29 is 14.6 Å². The van der Waals surface area contributed by atoms with Crippen LogP contribution < -0.4 is 9.80 Å². The number of urea groups is 1. The van der Waals surface area contributed by atoms with E-state index in [0.717, 1.165) is 5.56 Å². The number of carbonyl (C=O) groups is 1.